The van der Waals surface area contributed by atoms with Crippen molar-refractivity contribution >= 4 is 21.8 Å². The summed E-state index contributed by atoms with van der Waals surface area (Å²) in [4.78, 5) is 13.0. The number of para-hydroxylation sites is 2. The Hall–Kier alpha value is -4.51. The third-order valence-electron chi connectivity index (χ3n) is 5.60. The molecule has 2 aromatic heterocycles. The van der Waals surface area contributed by atoms with Gasteiger partial charge in [-0.3, -0.25) is 4.79 Å². The first kappa shape index (κ1) is 18.3. The van der Waals surface area contributed by atoms with Gasteiger partial charge in [-0.1, -0.05) is 42.5 Å². The normalized spacial score (nSPS) is 11.2. The summed E-state index contributed by atoms with van der Waals surface area (Å²) in [6.07, 6.45) is 0. The molecule has 32 heavy (non-hydrogen) atoms. The van der Waals surface area contributed by atoms with E-state index < -0.39 is 0 Å². The van der Waals surface area contributed by atoms with Crippen LogP contribution in [0.5, 0.6) is 0 Å². The highest BCUT2D eigenvalue weighted by Crippen LogP contribution is 2.27. The lowest BCUT2D eigenvalue weighted by molar-refractivity contribution is 0.584. The molecule has 0 unspecified atom stereocenters. The van der Waals surface area contributed by atoms with Crippen LogP contribution in [0.1, 0.15) is 0 Å². The van der Waals surface area contributed by atoms with E-state index in [4.69, 9.17) is 4.42 Å². The largest absolute Gasteiger partial charge is 0.416 e. The summed E-state index contributed by atoms with van der Waals surface area (Å²) >= 11 is 0. The Morgan fingerprint density at radius 3 is 1.66 bits per heavy atom. The standard InChI is InChI=1S/C27H17N3O2/c31-25-21-10-4-6-12-23(21)30(24-13-7-5-11-22(24)25)20-16-14-19(15-17-20)27-29-28-26(32-27)18-8-2-1-3-9-18/h1-17H. The first-order valence-corrected chi connectivity index (χ1v) is 10.3. The number of rotatable bonds is 3. The molecule has 0 aliphatic rings. The first-order chi connectivity index (χ1) is 15.8. The van der Waals surface area contributed by atoms with Crippen LogP contribution in [0.15, 0.2) is 112 Å². The molecule has 0 fully saturated rings. The highest BCUT2D eigenvalue weighted by molar-refractivity contribution is 5.95. The fourth-order valence-corrected chi connectivity index (χ4v) is 4.06. The van der Waals surface area contributed by atoms with Gasteiger partial charge in [0, 0.05) is 27.6 Å². The summed E-state index contributed by atoms with van der Waals surface area (Å²) in [6.45, 7) is 0. The van der Waals surface area contributed by atoms with Crippen molar-refractivity contribution in [2.75, 3.05) is 0 Å². The predicted octanol–water partition coefficient (Wildman–Crippen LogP) is 5.86. The average molecular weight is 415 g/mol. The monoisotopic (exact) mass is 415 g/mol. The van der Waals surface area contributed by atoms with E-state index in [2.05, 4.69) is 14.8 Å². The van der Waals surface area contributed by atoms with Crippen molar-refractivity contribution in [1.82, 2.24) is 14.8 Å². The molecule has 0 radical (unpaired) electrons. The van der Waals surface area contributed by atoms with E-state index in [9.17, 15) is 4.79 Å². The number of pyridine rings is 1. The molecule has 152 valence electrons. The summed E-state index contributed by atoms with van der Waals surface area (Å²) in [7, 11) is 0. The molecule has 0 saturated carbocycles. The minimum atomic E-state index is 0.0448. The zero-order valence-electron chi connectivity index (χ0n) is 17.0. The Kier molecular flexibility index (Phi) is 4.18. The molecular weight excluding hydrogens is 398 g/mol. The fraction of sp³-hybridized carbons (Fsp3) is 0. The second kappa shape index (κ2) is 7.32. The van der Waals surface area contributed by atoms with E-state index in [1.165, 1.54) is 0 Å². The summed E-state index contributed by atoms with van der Waals surface area (Å²) < 4.78 is 8.00. The summed E-state index contributed by atoms with van der Waals surface area (Å²) in [5.74, 6) is 0.951. The van der Waals surface area contributed by atoms with E-state index in [1.807, 2.05) is 103 Å². The van der Waals surface area contributed by atoms with Gasteiger partial charge in [0.25, 0.3) is 0 Å². The molecule has 6 aromatic rings. The SMILES string of the molecule is O=c1c2ccccc2n(-c2ccc(-c3nnc(-c4ccccc4)o3)cc2)c2ccccc12. The number of benzene rings is 4. The van der Waals surface area contributed by atoms with Gasteiger partial charge >= 0.3 is 0 Å². The molecule has 0 bridgehead atoms. The zero-order chi connectivity index (χ0) is 21.5. The van der Waals surface area contributed by atoms with Crippen LogP contribution in [0.3, 0.4) is 0 Å². The Bertz CT molecular complexity index is 1570. The van der Waals surface area contributed by atoms with Gasteiger partial charge in [0.1, 0.15) is 0 Å². The summed E-state index contributed by atoms with van der Waals surface area (Å²) in [5.41, 5.74) is 4.45. The Morgan fingerprint density at radius 2 is 1.06 bits per heavy atom. The van der Waals surface area contributed by atoms with Gasteiger partial charge in [0.15, 0.2) is 5.43 Å². The van der Waals surface area contributed by atoms with E-state index in [1.54, 1.807) is 0 Å². The fourth-order valence-electron chi connectivity index (χ4n) is 4.06. The van der Waals surface area contributed by atoms with Gasteiger partial charge < -0.3 is 8.98 Å². The van der Waals surface area contributed by atoms with Gasteiger partial charge in [-0.05, 0) is 60.7 Å². The van der Waals surface area contributed by atoms with Gasteiger partial charge in [-0.2, -0.15) is 0 Å². The summed E-state index contributed by atoms with van der Waals surface area (Å²) in [6, 6.07) is 33.0. The maximum atomic E-state index is 13.0. The molecule has 0 aliphatic carbocycles. The molecule has 0 spiro atoms. The smallest absolute Gasteiger partial charge is 0.248 e. The van der Waals surface area contributed by atoms with Gasteiger partial charge in [0.05, 0.1) is 11.0 Å². The van der Waals surface area contributed by atoms with Crippen LogP contribution in [0.4, 0.5) is 0 Å². The summed E-state index contributed by atoms with van der Waals surface area (Å²) in [5, 5.41) is 9.78. The van der Waals surface area contributed by atoms with Crippen molar-refractivity contribution in [3.8, 4) is 28.6 Å². The van der Waals surface area contributed by atoms with Crippen LogP contribution < -0.4 is 5.43 Å². The minimum Gasteiger partial charge on any atom is -0.416 e. The van der Waals surface area contributed by atoms with Crippen LogP contribution >= 0.6 is 0 Å². The van der Waals surface area contributed by atoms with E-state index in [0.717, 1.165) is 27.8 Å². The molecule has 0 atom stereocenters. The predicted molar refractivity (Wildman–Crippen MR) is 126 cm³/mol. The van der Waals surface area contributed by atoms with Crippen molar-refractivity contribution < 1.29 is 4.42 Å². The third kappa shape index (κ3) is 2.91. The minimum absolute atomic E-state index is 0.0448. The number of hydrogen-bond acceptors (Lipinski definition) is 4. The van der Waals surface area contributed by atoms with E-state index in [-0.39, 0.29) is 5.43 Å². The van der Waals surface area contributed by atoms with Crippen molar-refractivity contribution in [3.05, 3.63) is 113 Å². The maximum Gasteiger partial charge on any atom is 0.248 e. The van der Waals surface area contributed by atoms with Crippen LogP contribution in [0.2, 0.25) is 0 Å². The van der Waals surface area contributed by atoms with Crippen molar-refractivity contribution in [1.29, 1.82) is 0 Å². The molecule has 0 N–H and O–H groups in total. The molecular formula is C27H17N3O2. The molecule has 5 heteroatoms. The maximum absolute atomic E-state index is 13.0. The second-order valence-electron chi connectivity index (χ2n) is 7.52. The Balaban J connectivity index is 1.48. The molecule has 2 heterocycles. The zero-order valence-corrected chi connectivity index (χ0v) is 17.0. The first-order valence-electron chi connectivity index (χ1n) is 10.3. The van der Waals surface area contributed by atoms with Crippen LogP contribution in [0, 0.1) is 0 Å². The van der Waals surface area contributed by atoms with Gasteiger partial charge in [-0.15, -0.1) is 10.2 Å². The topological polar surface area (TPSA) is 60.9 Å². The van der Waals surface area contributed by atoms with Crippen LogP contribution in [-0.2, 0) is 0 Å². The van der Waals surface area contributed by atoms with Crippen LogP contribution in [0.25, 0.3) is 50.4 Å². The second-order valence-corrected chi connectivity index (χ2v) is 7.52. The van der Waals surface area contributed by atoms with Crippen molar-refractivity contribution in [3.63, 3.8) is 0 Å². The molecule has 6 rings (SSSR count). The number of aromatic nitrogens is 3. The van der Waals surface area contributed by atoms with E-state index in [0.29, 0.717) is 22.6 Å². The quantitative estimate of drug-likeness (QED) is 0.340. The number of nitrogens with zero attached hydrogens (tertiary/aromatic N) is 3. The molecule has 5 nitrogen and oxygen atoms in total. The average Bonchev–Trinajstić information content (AvgIpc) is 3.36. The van der Waals surface area contributed by atoms with Crippen LogP contribution in [-0.4, -0.2) is 14.8 Å². The van der Waals surface area contributed by atoms with Crippen molar-refractivity contribution in [2.24, 2.45) is 0 Å². The number of fused-ring (bicyclic) bond motifs is 2. The molecule has 4 aromatic carbocycles. The van der Waals surface area contributed by atoms with Crippen molar-refractivity contribution in [2.45, 2.75) is 0 Å². The lowest BCUT2D eigenvalue weighted by Crippen LogP contribution is -2.10. The highest BCUT2D eigenvalue weighted by atomic mass is 16.4. The molecule has 0 aliphatic heterocycles. The van der Waals surface area contributed by atoms with E-state index >= 15 is 0 Å². The Morgan fingerprint density at radius 1 is 0.562 bits per heavy atom. The number of hydrogen-bond donors (Lipinski definition) is 0. The third-order valence-corrected chi connectivity index (χ3v) is 5.60. The molecule has 0 amide bonds. The highest BCUT2D eigenvalue weighted by Gasteiger charge is 2.13. The van der Waals surface area contributed by atoms with Gasteiger partial charge in [0.2, 0.25) is 11.8 Å². The van der Waals surface area contributed by atoms with Gasteiger partial charge in [-0.25, -0.2) is 0 Å². The lowest BCUT2D eigenvalue weighted by atomic mass is 10.1. The Labute approximate surface area is 183 Å². The lowest BCUT2D eigenvalue weighted by Gasteiger charge is -2.15. The molecule has 0 saturated heterocycles.